The third-order valence-electron chi connectivity index (χ3n) is 6.75. The van der Waals surface area contributed by atoms with Gasteiger partial charge < -0.3 is 21.1 Å². The number of likely N-dealkylation sites (tertiary alicyclic amines) is 1. The van der Waals surface area contributed by atoms with E-state index in [1.54, 1.807) is 0 Å². The van der Waals surface area contributed by atoms with E-state index in [0.717, 1.165) is 31.7 Å². The summed E-state index contributed by atoms with van der Waals surface area (Å²) in [5.74, 6) is -2.10. The minimum absolute atomic E-state index is 0.0514. The maximum Gasteiger partial charge on any atom is 0.317 e. The van der Waals surface area contributed by atoms with E-state index in [2.05, 4.69) is 10.6 Å². The topological polar surface area (TPSA) is 149 Å². The summed E-state index contributed by atoms with van der Waals surface area (Å²) < 4.78 is 14.3. The van der Waals surface area contributed by atoms with Crippen molar-refractivity contribution < 1.29 is 23.9 Å². The predicted octanol–water partition coefficient (Wildman–Crippen LogP) is 1.73. The Morgan fingerprint density at radius 2 is 1.91 bits per heavy atom. The second-order valence-electron chi connectivity index (χ2n) is 9.19. The lowest BCUT2D eigenvalue weighted by Gasteiger charge is -2.31. The maximum atomic E-state index is 14.3. The molecule has 1 aromatic carbocycles. The van der Waals surface area contributed by atoms with Gasteiger partial charge in [-0.15, -0.1) is 0 Å². The van der Waals surface area contributed by atoms with Crippen molar-refractivity contribution in [3.8, 4) is 0 Å². The van der Waals surface area contributed by atoms with Crippen molar-refractivity contribution in [3.05, 3.63) is 35.1 Å². The molecule has 3 rings (SSSR count). The van der Waals surface area contributed by atoms with E-state index in [1.807, 2.05) is 0 Å². The van der Waals surface area contributed by atoms with Gasteiger partial charge in [0.15, 0.2) is 0 Å². The summed E-state index contributed by atoms with van der Waals surface area (Å²) in [6, 6.07) is 2.82. The molecular weight excluding hydrogens is 441 g/mol. The Bertz CT molecular complexity index is 919. The van der Waals surface area contributed by atoms with Crippen LogP contribution in [0.5, 0.6) is 0 Å². The quantitative estimate of drug-likeness (QED) is 0.257. The summed E-state index contributed by atoms with van der Waals surface area (Å²) in [5.41, 5.74) is 5.89. The number of halogens is 1. The Morgan fingerprint density at radius 1 is 1.18 bits per heavy atom. The van der Waals surface area contributed by atoms with Crippen molar-refractivity contribution >= 4 is 23.6 Å². The number of nitrogens with two attached hydrogens (primary N) is 1. The second-order valence-corrected chi connectivity index (χ2v) is 9.19. The van der Waals surface area contributed by atoms with Crippen molar-refractivity contribution in [1.82, 2.24) is 15.5 Å². The zero-order valence-corrected chi connectivity index (χ0v) is 19.3. The number of nitrogens with zero attached hydrogens (tertiary/aromatic N) is 1. The molecule has 34 heavy (non-hydrogen) atoms. The minimum atomic E-state index is -1.03. The number of nitrogens with one attached hydrogen (secondary N) is 3. The smallest absolute Gasteiger partial charge is 0.317 e. The summed E-state index contributed by atoms with van der Waals surface area (Å²) in [6.07, 6.45) is 7.19. The van der Waals surface area contributed by atoms with Gasteiger partial charge in [-0.25, -0.2) is 4.39 Å². The van der Waals surface area contributed by atoms with Crippen LogP contribution in [0.15, 0.2) is 18.2 Å². The Kier molecular flexibility index (Phi) is 8.98. The highest BCUT2D eigenvalue weighted by Gasteiger charge is 2.38. The van der Waals surface area contributed by atoms with Crippen LogP contribution in [0.1, 0.15) is 62.5 Å². The molecule has 2 fully saturated rings. The van der Waals surface area contributed by atoms with E-state index in [1.165, 1.54) is 23.5 Å². The number of amides is 2. The van der Waals surface area contributed by atoms with Gasteiger partial charge >= 0.3 is 5.97 Å². The lowest BCUT2D eigenvalue weighted by molar-refractivity contribution is -0.141. The van der Waals surface area contributed by atoms with Crippen LogP contribution < -0.4 is 16.4 Å². The molecule has 1 saturated heterocycles. The van der Waals surface area contributed by atoms with Gasteiger partial charge in [0.1, 0.15) is 17.7 Å². The third kappa shape index (κ3) is 6.75. The van der Waals surface area contributed by atoms with Gasteiger partial charge in [0.05, 0.1) is 12.6 Å². The highest BCUT2D eigenvalue weighted by Crippen LogP contribution is 2.29. The van der Waals surface area contributed by atoms with E-state index >= 15 is 0 Å². The molecular formula is C24H34FN5O4. The van der Waals surface area contributed by atoms with Gasteiger partial charge in [0.25, 0.3) is 0 Å². The first kappa shape index (κ1) is 25.6. The average molecular weight is 476 g/mol. The van der Waals surface area contributed by atoms with E-state index in [0.29, 0.717) is 31.7 Å². The van der Waals surface area contributed by atoms with Crippen molar-refractivity contribution in [1.29, 1.82) is 5.41 Å². The summed E-state index contributed by atoms with van der Waals surface area (Å²) in [7, 11) is 0. The Balaban J connectivity index is 1.63. The summed E-state index contributed by atoms with van der Waals surface area (Å²) >= 11 is 0. The number of hydrogen-bond donors (Lipinski definition) is 5. The number of carbonyl (C=O) groups excluding carboxylic acids is 2. The fraction of sp³-hybridized carbons (Fsp3) is 0.583. The SMILES string of the molecule is N=C(N)c1ccc(CNC(=O)[C@@H]2CCCN2C(=O)[C@@H](CC2CCCCC2)NCC(=O)O)c(F)c1. The maximum absolute atomic E-state index is 14.3. The lowest BCUT2D eigenvalue weighted by atomic mass is 9.84. The molecule has 2 atom stereocenters. The van der Waals surface area contributed by atoms with Crippen molar-refractivity contribution in [2.24, 2.45) is 11.7 Å². The van der Waals surface area contributed by atoms with Gasteiger partial charge in [-0.3, -0.25) is 25.1 Å². The lowest BCUT2D eigenvalue weighted by Crippen LogP contribution is -2.53. The zero-order valence-electron chi connectivity index (χ0n) is 19.3. The van der Waals surface area contributed by atoms with Crippen LogP contribution in [0.25, 0.3) is 0 Å². The van der Waals surface area contributed by atoms with Gasteiger partial charge in [-0.2, -0.15) is 0 Å². The van der Waals surface area contributed by atoms with Gasteiger partial charge in [-0.05, 0) is 31.2 Å². The molecule has 1 aromatic rings. The number of rotatable bonds is 10. The van der Waals surface area contributed by atoms with Crippen LogP contribution in [0.3, 0.4) is 0 Å². The Labute approximate surface area is 198 Å². The van der Waals surface area contributed by atoms with Crippen LogP contribution in [0.2, 0.25) is 0 Å². The fourth-order valence-corrected chi connectivity index (χ4v) is 4.90. The highest BCUT2D eigenvalue weighted by molar-refractivity contribution is 5.95. The largest absolute Gasteiger partial charge is 0.480 e. The predicted molar refractivity (Wildman–Crippen MR) is 125 cm³/mol. The number of carboxylic acids is 1. The third-order valence-corrected chi connectivity index (χ3v) is 6.75. The molecule has 1 aliphatic carbocycles. The molecule has 1 heterocycles. The summed E-state index contributed by atoms with van der Waals surface area (Å²) in [4.78, 5) is 38.9. The molecule has 10 heteroatoms. The van der Waals surface area contributed by atoms with Crippen LogP contribution >= 0.6 is 0 Å². The van der Waals surface area contributed by atoms with E-state index in [9.17, 15) is 18.8 Å². The molecule has 0 radical (unpaired) electrons. The first-order valence-electron chi connectivity index (χ1n) is 11.9. The van der Waals surface area contributed by atoms with Crippen LogP contribution in [0.4, 0.5) is 4.39 Å². The molecule has 0 spiro atoms. The fourth-order valence-electron chi connectivity index (χ4n) is 4.90. The zero-order chi connectivity index (χ0) is 24.7. The van der Waals surface area contributed by atoms with E-state index < -0.39 is 23.9 Å². The first-order chi connectivity index (χ1) is 16.3. The van der Waals surface area contributed by atoms with Crippen molar-refractivity contribution in [3.63, 3.8) is 0 Å². The number of aliphatic carboxylic acids is 1. The van der Waals surface area contributed by atoms with E-state index in [4.69, 9.17) is 16.2 Å². The normalized spacial score (nSPS) is 19.6. The summed E-state index contributed by atoms with van der Waals surface area (Å²) in [5, 5.41) is 22.1. The Morgan fingerprint density at radius 3 is 2.56 bits per heavy atom. The molecule has 1 saturated carbocycles. The molecule has 0 bridgehead atoms. The molecule has 0 aromatic heterocycles. The number of carbonyl (C=O) groups is 3. The molecule has 6 N–H and O–H groups in total. The number of nitrogen functional groups attached to an aromatic ring is 1. The Hall–Kier alpha value is -3.01. The number of hydrogen-bond acceptors (Lipinski definition) is 5. The summed E-state index contributed by atoms with van der Waals surface area (Å²) in [6.45, 7) is 0.0576. The molecule has 0 unspecified atom stereocenters. The molecule has 2 aliphatic rings. The molecule has 9 nitrogen and oxygen atoms in total. The van der Waals surface area contributed by atoms with Crippen molar-refractivity contribution in [2.45, 2.75) is 70.0 Å². The average Bonchev–Trinajstić information content (AvgIpc) is 3.31. The minimum Gasteiger partial charge on any atom is -0.480 e. The number of amidine groups is 1. The van der Waals surface area contributed by atoms with E-state index in [-0.39, 0.29) is 41.9 Å². The van der Waals surface area contributed by atoms with Crippen LogP contribution in [0, 0.1) is 17.1 Å². The second kappa shape index (κ2) is 11.9. The monoisotopic (exact) mass is 475 g/mol. The molecule has 2 amide bonds. The van der Waals surface area contributed by atoms with Gasteiger partial charge in [0, 0.05) is 24.2 Å². The molecule has 1 aliphatic heterocycles. The highest BCUT2D eigenvalue weighted by atomic mass is 19.1. The van der Waals surface area contributed by atoms with Crippen LogP contribution in [-0.4, -0.2) is 58.8 Å². The number of benzene rings is 1. The van der Waals surface area contributed by atoms with Crippen LogP contribution in [-0.2, 0) is 20.9 Å². The first-order valence-corrected chi connectivity index (χ1v) is 11.9. The molecule has 186 valence electrons. The van der Waals surface area contributed by atoms with Crippen molar-refractivity contribution in [2.75, 3.05) is 13.1 Å². The standard InChI is InChI=1S/C24H34FN5O4/c25-18-12-16(22(26)27)8-9-17(18)13-29-23(33)20-7-4-10-30(20)24(34)19(28-14-21(31)32)11-15-5-2-1-3-6-15/h8-9,12,15,19-20,28H,1-7,10-11,13-14H2,(H3,26,27)(H,29,33)(H,31,32)/t19-,20+/m1/s1. The number of carboxylic acid groups (broad SMARTS) is 1. The van der Waals surface area contributed by atoms with Gasteiger partial charge in [0.2, 0.25) is 11.8 Å². The van der Waals surface area contributed by atoms with Gasteiger partial charge in [-0.1, -0.05) is 44.2 Å².